The lowest BCUT2D eigenvalue weighted by Crippen LogP contribution is -2.36. The standard InChI is InChI=1S/C17H19F3N4/c1-11(12-4-6-14(7-5-12)17(18,19)20)23-8-9-24-15(10-23)21-22-16(24)13-2-3-13/h4-7,11,13H,2-3,8-10H2,1H3/t11-/m1/s1. The maximum atomic E-state index is 12.7. The fraction of sp³-hybridized carbons (Fsp3) is 0.529. The van der Waals surface area contributed by atoms with Gasteiger partial charge in [-0.2, -0.15) is 13.2 Å². The van der Waals surface area contributed by atoms with E-state index in [1.807, 2.05) is 6.92 Å². The van der Waals surface area contributed by atoms with Crippen LogP contribution >= 0.6 is 0 Å². The van der Waals surface area contributed by atoms with E-state index < -0.39 is 11.7 Å². The summed E-state index contributed by atoms with van der Waals surface area (Å²) in [5.41, 5.74) is 0.282. The second-order valence-electron chi connectivity index (χ2n) is 6.67. The lowest BCUT2D eigenvalue weighted by atomic mass is 10.0. The van der Waals surface area contributed by atoms with Gasteiger partial charge in [0.2, 0.25) is 0 Å². The van der Waals surface area contributed by atoms with E-state index in [2.05, 4.69) is 19.7 Å². The molecular formula is C17H19F3N4. The van der Waals surface area contributed by atoms with Crippen molar-refractivity contribution in [3.8, 4) is 0 Å². The highest BCUT2D eigenvalue weighted by Crippen LogP contribution is 2.40. The summed E-state index contributed by atoms with van der Waals surface area (Å²) < 4.78 is 40.3. The molecule has 24 heavy (non-hydrogen) atoms. The Balaban J connectivity index is 1.49. The van der Waals surface area contributed by atoms with Gasteiger partial charge in [0.15, 0.2) is 0 Å². The minimum atomic E-state index is -4.29. The summed E-state index contributed by atoms with van der Waals surface area (Å²) in [5.74, 6) is 2.64. The maximum Gasteiger partial charge on any atom is 0.416 e. The Morgan fingerprint density at radius 2 is 1.79 bits per heavy atom. The van der Waals surface area contributed by atoms with Crippen molar-refractivity contribution in [2.45, 2.75) is 51.0 Å². The van der Waals surface area contributed by atoms with Crippen LogP contribution in [0.2, 0.25) is 0 Å². The average molecular weight is 336 g/mol. The fourth-order valence-corrected chi connectivity index (χ4v) is 3.33. The second kappa shape index (κ2) is 5.58. The third-order valence-corrected chi connectivity index (χ3v) is 5.02. The molecule has 4 nitrogen and oxygen atoms in total. The second-order valence-corrected chi connectivity index (χ2v) is 6.67. The zero-order valence-electron chi connectivity index (χ0n) is 13.4. The maximum absolute atomic E-state index is 12.7. The van der Waals surface area contributed by atoms with Crippen LogP contribution < -0.4 is 0 Å². The van der Waals surface area contributed by atoms with Crippen molar-refractivity contribution in [2.24, 2.45) is 0 Å². The van der Waals surface area contributed by atoms with Crippen LogP contribution in [0.5, 0.6) is 0 Å². The van der Waals surface area contributed by atoms with Gasteiger partial charge in [0.25, 0.3) is 0 Å². The van der Waals surface area contributed by atoms with Crippen LogP contribution in [-0.4, -0.2) is 26.2 Å². The van der Waals surface area contributed by atoms with Crippen molar-refractivity contribution in [3.63, 3.8) is 0 Å². The fourth-order valence-electron chi connectivity index (χ4n) is 3.33. The van der Waals surface area contributed by atoms with Crippen LogP contribution in [0.1, 0.15) is 54.5 Å². The third-order valence-electron chi connectivity index (χ3n) is 5.02. The van der Waals surface area contributed by atoms with E-state index in [-0.39, 0.29) is 6.04 Å². The van der Waals surface area contributed by atoms with Gasteiger partial charge in [-0.25, -0.2) is 0 Å². The van der Waals surface area contributed by atoms with Crippen LogP contribution in [0, 0.1) is 0 Å². The number of benzene rings is 1. The van der Waals surface area contributed by atoms with Crippen LogP contribution in [0.4, 0.5) is 13.2 Å². The predicted molar refractivity (Wildman–Crippen MR) is 82.3 cm³/mol. The molecule has 2 aliphatic rings. The first kappa shape index (κ1) is 15.6. The Morgan fingerprint density at radius 3 is 2.42 bits per heavy atom. The first-order valence-corrected chi connectivity index (χ1v) is 8.26. The van der Waals surface area contributed by atoms with Crippen molar-refractivity contribution >= 4 is 0 Å². The highest BCUT2D eigenvalue weighted by molar-refractivity contribution is 5.26. The number of nitrogens with zero attached hydrogens (tertiary/aromatic N) is 4. The zero-order chi connectivity index (χ0) is 16.9. The van der Waals surface area contributed by atoms with E-state index in [1.54, 1.807) is 12.1 Å². The van der Waals surface area contributed by atoms with Gasteiger partial charge in [-0.15, -0.1) is 10.2 Å². The molecule has 1 atom stereocenters. The van der Waals surface area contributed by atoms with Crippen molar-refractivity contribution in [3.05, 3.63) is 47.0 Å². The Bertz CT molecular complexity index is 731. The highest BCUT2D eigenvalue weighted by atomic mass is 19.4. The summed E-state index contributed by atoms with van der Waals surface area (Å²) in [6.07, 6.45) is -1.89. The number of fused-ring (bicyclic) bond motifs is 1. The number of hydrogen-bond acceptors (Lipinski definition) is 3. The van der Waals surface area contributed by atoms with E-state index in [4.69, 9.17) is 0 Å². The molecule has 128 valence electrons. The molecule has 4 rings (SSSR count). The third kappa shape index (κ3) is 2.81. The SMILES string of the molecule is C[C@H](c1ccc(C(F)(F)F)cc1)N1CCn2c(nnc2C2CC2)C1. The van der Waals surface area contributed by atoms with Gasteiger partial charge in [-0.3, -0.25) is 4.90 Å². The molecule has 1 saturated carbocycles. The molecule has 0 radical (unpaired) electrons. The van der Waals surface area contributed by atoms with E-state index in [9.17, 15) is 13.2 Å². The van der Waals surface area contributed by atoms with Crippen LogP contribution in [0.25, 0.3) is 0 Å². The summed E-state index contributed by atoms with van der Waals surface area (Å²) in [5, 5.41) is 8.64. The van der Waals surface area contributed by atoms with Gasteiger partial charge < -0.3 is 4.57 Å². The first-order chi connectivity index (χ1) is 11.4. The largest absolute Gasteiger partial charge is 0.416 e. The average Bonchev–Trinajstić information content (AvgIpc) is 3.32. The number of halogens is 3. The Hall–Kier alpha value is -1.89. The predicted octanol–water partition coefficient (Wildman–Crippen LogP) is 3.75. The molecular weight excluding hydrogens is 317 g/mol. The van der Waals surface area contributed by atoms with Gasteiger partial charge >= 0.3 is 6.18 Å². The van der Waals surface area contributed by atoms with E-state index in [1.165, 1.54) is 12.8 Å². The summed E-state index contributed by atoms with van der Waals surface area (Å²) in [6.45, 7) is 4.41. The molecule has 7 heteroatoms. The first-order valence-electron chi connectivity index (χ1n) is 8.26. The van der Waals surface area contributed by atoms with Gasteiger partial charge in [0.05, 0.1) is 12.1 Å². The topological polar surface area (TPSA) is 34.0 Å². The van der Waals surface area contributed by atoms with Crippen molar-refractivity contribution in [1.29, 1.82) is 0 Å². The van der Waals surface area contributed by atoms with Crippen molar-refractivity contribution in [1.82, 2.24) is 19.7 Å². The Labute approximate surface area is 138 Å². The zero-order valence-corrected chi connectivity index (χ0v) is 13.4. The summed E-state index contributed by atoms with van der Waals surface area (Å²) >= 11 is 0. The lowest BCUT2D eigenvalue weighted by molar-refractivity contribution is -0.137. The summed E-state index contributed by atoms with van der Waals surface area (Å²) in [4.78, 5) is 2.24. The molecule has 1 aromatic carbocycles. The number of rotatable bonds is 3. The molecule has 2 aromatic rings. The molecule has 0 bridgehead atoms. The molecule has 2 heterocycles. The van der Waals surface area contributed by atoms with Crippen LogP contribution in [0.15, 0.2) is 24.3 Å². The van der Waals surface area contributed by atoms with Gasteiger partial charge in [-0.1, -0.05) is 12.1 Å². The highest BCUT2D eigenvalue weighted by Gasteiger charge is 2.33. The smallest absolute Gasteiger partial charge is 0.312 e. The van der Waals surface area contributed by atoms with Gasteiger partial charge in [-0.05, 0) is 37.5 Å². The van der Waals surface area contributed by atoms with Crippen molar-refractivity contribution in [2.75, 3.05) is 6.54 Å². The summed E-state index contributed by atoms with van der Waals surface area (Å²) in [6, 6.07) is 5.50. The quantitative estimate of drug-likeness (QED) is 0.856. The van der Waals surface area contributed by atoms with Crippen LogP contribution in [-0.2, 0) is 19.3 Å². The van der Waals surface area contributed by atoms with Gasteiger partial charge in [0, 0.05) is 25.0 Å². The number of aromatic nitrogens is 3. The molecule has 1 fully saturated rings. The minimum absolute atomic E-state index is 0.0436. The number of alkyl halides is 3. The van der Waals surface area contributed by atoms with E-state index in [0.717, 1.165) is 42.4 Å². The molecule has 0 saturated heterocycles. The molecule has 1 aliphatic carbocycles. The molecule has 0 amide bonds. The van der Waals surface area contributed by atoms with Gasteiger partial charge in [0.1, 0.15) is 11.6 Å². The normalized spacial score (nSPS) is 20.0. The summed E-state index contributed by atoms with van der Waals surface area (Å²) in [7, 11) is 0. The molecule has 0 spiro atoms. The lowest BCUT2D eigenvalue weighted by Gasteiger charge is -2.33. The molecule has 1 aromatic heterocycles. The molecule has 1 aliphatic heterocycles. The molecule has 0 unspecified atom stereocenters. The Kier molecular flexibility index (Phi) is 3.63. The van der Waals surface area contributed by atoms with Crippen LogP contribution in [0.3, 0.4) is 0 Å². The minimum Gasteiger partial charge on any atom is -0.312 e. The van der Waals surface area contributed by atoms with Crippen molar-refractivity contribution < 1.29 is 13.2 Å². The number of hydrogen-bond donors (Lipinski definition) is 0. The van der Waals surface area contributed by atoms with E-state index >= 15 is 0 Å². The molecule has 0 N–H and O–H groups in total. The van der Waals surface area contributed by atoms with E-state index in [0.29, 0.717) is 12.5 Å². The monoisotopic (exact) mass is 336 g/mol. The Morgan fingerprint density at radius 1 is 1.08 bits per heavy atom.